The van der Waals surface area contributed by atoms with Gasteiger partial charge in [-0.05, 0) is 17.9 Å². The molecule has 1 amide bonds. The fourth-order valence-corrected chi connectivity index (χ4v) is 1.86. The summed E-state index contributed by atoms with van der Waals surface area (Å²) in [6, 6.07) is 9.36. The average Bonchev–Trinajstić information content (AvgIpc) is 2.36. The molecule has 0 bridgehead atoms. The Kier molecular flexibility index (Phi) is 3.59. The maximum absolute atomic E-state index is 11.8. The average molecular weight is 249 g/mol. The molecule has 0 aliphatic heterocycles. The highest BCUT2D eigenvalue weighted by atomic mass is 35.5. The highest BCUT2D eigenvalue weighted by Crippen LogP contribution is 2.22. The lowest BCUT2D eigenvalue weighted by Gasteiger charge is -2.05. The van der Waals surface area contributed by atoms with Gasteiger partial charge in [-0.25, -0.2) is 4.98 Å². The molecule has 0 atom stereocenters. The van der Waals surface area contributed by atoms with E-state index in [0.717, 1.165) is 17.2 Å². The molecule has 88 valence electrons. The van der Waals surface area contributed by atoms with E-state index in [4.69, 9.17) is 11.6 Å². The second-order valence-electron chi connectivity index (χ2n) is 3.78. The Hall–Kier alpha value is -1.61. The molecule has 1 N–H and O–H groups in total. The van der Waals surface area contributed by atoms with Crippen molar-refractivity contribution in [3.8, 4) is 0 Å². The van der Waals surface area contributed by atoms with Crippen LogP contribution in [0.4, 0.5) is 0 Å². The molecule has 3 nitrogen and oxygen atoms in total. The zero-order valence-corrected chi connectivity index (χ0v) is 10.3. The van der Waals surface area contributed by atoms with Crippen LogP contribution in [-0.2, 0) is 0 Å². The lowest BCUT2D eigenvalue weighted by molar-refractivity contribution is 0.0949. The molecule has 1 aromatic carbocycles. The van der Waals surface area contributed by atoms with E-state index in [0.29, 0.717) is 17.4 Å². The summed E-state index contributed by atoms with van der Waals surface area (Å²) in [4.78, 5) is 15.9. The Morgan fingerprint density at radius 3 is 2.94 bits per heavy atom. The summed E-state index contributed by atoms with van der Waals surface area (Å²) in [7, 11) is 0. The third kappa shape index (κ3) is 2.56. The summed E-state index contributed by atoms with van der Waals surface area (Å²) in [5.74, 6) is -0.181. The molecule has 1 aromatic heterocycles. The van der Waals surface area contributed by atoms with Crippen molar-refractivity contribution in [3.63, 3.8) is 0 Å². The molecule has 0 fully saturated rings. The number of hydrogen-bond donors (Lipinski definition) is 1. The Morgan fingerprint density at radius 1 is 1.41 bits per heavy atom. The first-order chi connectivity index (χ1) is 8.22. The number of aromatic nitrogens is 1. The topological polar surface area (TPSA) is 42.0 Å². The summed E-state index contributed by atoms with van der Waals surface area (Å²) >= 11 is 6.05. The van der Waals surface area contributed by atoms with Crippen LogP contribution in [0, 0.1) is 0 Å². The predicted molar refractivity (Wildman–Crippen MR) is 69.4 cm³/mol. The van der Waals surface area contributed by atoms with E-state index in [-0.39, 0.29) is 5.91 Å². The minimum atomic E-state index is -0.181. The first-order valence-electron chi connectivity index (χ1n) is 5.56. The van der Waals surface area contributed by atoms with Gasteiger partial charge in [0.2, 0.25) is 0 Å². The molecule has 4 heteroatoms. The number of amides is 1. The van der Waals surface area contributed by atoms with Crippen molar-refractivity contribution < 1.29 is 4.79 Å². The predicted octanol–water partition coefficient (Wildman–Crippen LogP) is 3.03. The Morgan fingerprint density at radius 2 is 2.18 bits per heavy atom. The summed E-state index contributed by atoms with van der Waals surface area (Å²) in [6.07, 6.45) is 0.896. The van der Waals surface area contributed by atoms with Gasteiger partial charge in [0.15, 0.2) is 0 Å². The van der Waals surface area contributed by atoms with Gasteiger partial charge in [-0.1, -0.05) is 42.8 Å². The zero-order chi connectivity index (χ0) is 12.3. The molecule has 2 aromatic rings. The second kappa shape index (κ2) is 5.15. The fourth-order valence-electron chi connectivity index (χ4n) is 1.60. The highest BCUT2D eigenvalue weighted by Gasteiger charge is 2.09. The number of carbonyl (C=O) groups excluding carboxylic acids is 1. The number of halogens is 1. The van der Waals surface area contributed by atoms with Crippen molar-refractivity contribution in [2.45, 2.75) is 13.3 Å². The maximum atomic E-state index is 11.8. The van der Waals surface area contributed by atoms with E-state index >= 15 is 0 Å². The first kappa shape index (κ1) is 11.9. The van der Waals surface area contributed by atoms with Gasteiger partial charge in [-0.2, -0.15) is 0 Å². The monoisotopic (exact) mass is 248 g/mol. The smallest absolute Gasteiger partial charge is 0.269 e. The third-order valence-corrected chi connectivity index (χ3v) is 2.75. The molecule has 0 saturated heterocycles. The normalized spacial score (nSPS) is 10.5. The standard InChI is InChI=1S/C13H13ClN2O/c1-2-7-15-13(17)11-8-9-5-3-4-6-10(9)12(14)16-11/h3-6,8H,2,7H2,1H3,(H,15,17). The third-order valence-electron chi connectivity index (χ3n) is 2.46. The number of hydrogen-bond acceptors (Lipinski definition) is 2. The number of pyridine rings is 1. The quantitative estimate of drug-likeness (QED) is 0.849. The molecule has 17 heavy (non-hydrogen) atoms. The van der Waals surface area contributed by atoms with E-state index in [1.807, 2.05) is 31.2 Å². The molecule has 2 rings (SSSR count). The van der Waals surface area contributed by atoms with Crippen molar-refractivity contribution in [3.05, 3.63) is 41.2 Å². The van der Waals surface area contributed by atoms with Crippen LogP contribution < -0.4 is 5.32 Å². The number of nitrogens with zero attached hydrogens (tertiary/aromatic N) is 1. The fraction of sp³-hybridized carbons (Fsp3) is 0.231. The van der Waals surface area contributed by atoms with Gasteiger partial charge < -0.3 is 5.32 Å². The number of rotatable bonds is 3. The molecule has 0 unspecified atom stereocenters. The lowest BCUT2D eigenvalue weighted by atomic mass is 10.1. The van der Waals surface area contributed by atoms with Crippen molar-refractivity contribution in [2.24, 2.45) is 0 Å². The number of nitrogens with one attached hydrogen (secondary N) is 1. The van der Waals surface area contributed by atoms with Gasteiger partial charge in [-0.15, -0.1) is 0 Å². The molecule has 0 saturated carbocycles. The molecule has 0 spiro atoms. The highest BCUT2D eigenvalue weighted by molar-refractivity contribution is 6.34. The number of benzene rings is 1. The van der Waals surface area contributed by atoms with Gasteiger partial charge in [0.25, 0.3) is 5.91 Å². The van der Waals surface area contributed by atoms with Crippen molar-refractivity contribution in [1.82, 2.24) is 10.3 Å². The second-order valence-corrected chi connectivity index (χ2v) is 4.13. The van der Waals surface area contributed by atoms with Gasteiger partial charge in [0.05, 0.1) is 0 Å². The minimum Gasteiger partial charge on any atom is -0.351 e. The number of fused-ring (bicyclic) bond motifs is 1. The zero-order valence-electron chi connectivity index (χ0n) is 9.53. The van der Waals surface area contributed by atoms with E-state index in [2.05, 4.69) is 10.3 Å². The Bertz CT molecular complexity index is 554. The summed E-state index contributed by atoms with van der Waals surface area (Å²) in [5.41, 5.74) is 0.363. The van der Waals surface area contributed by atoms with Crippen LogP contribution >= 0.6 is 11.6 Å². The van der Waals surface area contributed by atoms with Gasteiger partial charge >= 0.3 is 0 Å². The van der Waals surface area contributed by atoms with Crippen molar-refractivity contribution in [1.29, 1.82) is 0 Å². The summed E-state index contributed by atoms with van der Waals surface area (Å²) in [6.45, 7) is 2.64. The molecule has 0 aliphatic rings. The van der Waals surface area contributed by atoms with Crippen LogP contribution in [0.5, 0.6) is 0 Å². The van der Waals surface area contributed by atoms with Gasteiger partial charge in [0.1, 0.15) is 10.8 Å². The van der Waals surface area contributed by atoms with Crippen LogP contribution in [0.3, 0.4) is 0 Å². The lowest BCUT2D eigenvalue weighted by Crippen LogP contribution is -2.24. The van der Waals surface area contributed by atoms with Gasteiger partial charge in [-0.3, -0.25) is 4.79 Å². The molecular weight excluding hydrogens is 236 g/mol. The van der Waals surface area contributed by atoms with Crippen molar-refractivity contribution in [2.75, 3.05) is 6.54 Å². The van der Waals surface area contributed by atoms with Crippen LogP contribution in [0.2, 0.25) is 5.15 Å². The first-order valence-corrected chi connectivity index (χ1v) is 5.93. The molecule has 0 aliphatic carbocycles. The summed E-state index contributed by atoms with van der Waals surface area (Å²) < 4.78 is 0. The Labute approximate surface area is 105 Å². The van der Waals surface area contributed by atoms with Crippen LogP contribution in [0.15, 0.2) is 30.3 Å². The van der Waals surface area contributed by atoms with E-state index < -0.39 is 0 Å². The largest absolute Gasteiger partial charge is 0.351 e. The molecule has 0 radical (unpaired) electrons. The van der Waals surface area contributed by atoms with E-state index in [1.165, 1.54) is 0 Å². The van der Waals surface area contributed by atoms with Crippen LogP contribution in [0.25, 0.3) is 10.8 Å². The molecule has 1 heterocycles. The van der Waals surface area contributed by atoms with E-state index in [9.17, 15) is 4.79 Å². The van der Waals surface area contributed by atoms with Gasteiger partial charge in [0, 0.05) is 11.9 Å². The maximum Gasteiger partial charge on any atom is 0.269 e. The summed E-state index contributed by atoms with van der Waals surface area (Å²) in [5, 5.41) is 4.93. The number of carbonyl (C=O) groups is 1. The minimum absolute atomic E-state index is 0.181. The van der Waals surface area contributed by atoms with Crippen LogP contribution in [0.1, 0.15) is 23.8 Å². The SMILES string of the molecule is CCCNC(=O)c1cc2ccccc2c(Cl)n1. The van der Waals surface area contributed by atoms with E-state index in [1.54, 1.807) is 6.07 Å². The van der Waals surface area contributed by atoms with Crippen molar-refractivity contribution >= 4 is 28.3 Å². The Balaban J connectivity index is 2.39. The molecular formula is C13H13ClN2O. The van der Waals surface area contributed by atoms with Crippen LogP contribution in [-0.4, -0.2) is 17.4 Å².